The number of benzene rings is 3. The SMILES string of the molecule is Cc1cccc(C(=O)OCC(=O)Nc2ccc3ccccc3c2)c1C. The van der Waals surface area contributed by atoms with E-state index in [-0.39, 0.29) is 12.5 Å². The van der Waals surface area contributed by atoms with Gasteiger partial charge in [0.1, 0.15) is 0 Å². The number of carbonyl (C=O) groups excluding carboxylic acids is 2. The summed E-state index contributed by atoms with van der Waals surface area (Å²) in [6.45, 7) is 3.47. The van der Waals surface area contributed by atoms with Crippen molar-refractivity contribution in [2.45, 2.75) is 13.8 Å². The van der Waals surface area contributed by atoms with Gasteiger partial charge in [-0.3, -0.25) is 4.79 Å². The van der Waals surface area contributed by atoms with Crippen LogP contribution in [-0.2, 0) is 9.53 Å². The van der Waals surface area contributed by atoms with Crippen molar-refractivity contribution < 1.29 is 14.3 Å². The number of rotatable bonds is 4. The number of ether oxygens (including phenoxy) is 1. The lowest BCUT2D eigenvalue weighted by Crippen LogP contribution is -2.21. The van der Waals surface area contributed by atoms with Crippen LogP contribution in [0.3, 0.4) is 0 Å². The summed E-state index contributed by atoms with van der Waals surface area (Å²) in [6, 6.07) is 19.0. The Kier molecular flexibility index (Phi) is 4.80. The van der Waals surface area contributed by atoms with Gasteiger partial charge in [-0.05, 0) is 53.9 Å². The Bertz CT molecular complexity index is 947. The van der Waals surface area contributed by atoms with Crippen LogP contribution in [0.25, 0.3) is 10.8 Å². The highest BCUT2D eigenvalue weighted by Crippen LogP contribution is 2.19. The van der Waals surface area contributed by atoms with E-state index in [1.54, 1.807) is 12.1 Å². The summed E-state index contributed by atoms with van der Waals surface area (Å²) in [5, 5.41) is 4.88. The second kappa shape index (κ2) is 7.18. The van der Waals surface area contributed by atoms with Gasteiger partial charge in [0, 0.05) is 5.69 Å². The van der Waals surface area contributed by atoms with Crippen molar-refractivity contribution in [3.8, 4) is 0 Å². The fourth-order valence-electron chi connectivity index (χ4n) is 2.65. The van der Waals surface area contributed by atoms with Crippen molar-refractivity contribution in [2.75, 3.05) is 11.9 Å². The lowest BCUT2D eigenvalue weighted by molar-refractivity contribution is -0.119. The molecule has 0 radical (unpaired) electrons. The molecule has 4 heteroatoms. The van der Waals surface area contributed by atoms with Gasteiger partial charge in [0.05, 0.1) is 5.56 Å². The number of aryl methyl sites for hydroxylation is 1. The lowest BCUT2D eigenvalue weighted by atomic mass is 10.0. The molecule has 0 bridgehead atoms. The van der Waals surface area contributed by atoms with E-state index < -0.39 is 5.97 Å². The number of esters is 1. The molecular formula is C21H19NO3. The van der Waals surface area contributed by atoms with Gasteiger partial charge < -0.3 is 10.1 Å². The molecule has 0 aliphatic carbocycles. The highest BCUT2D eigenvalue weighted by Gasteiger charge is 2.13. The first-order valence-electron chi connectivity index (χ1n) is 8.06. The molecular weight excluding hydrogens is 314 g/mol. The molecule has 25 heavy (non-hydrogen) atoms. The molecule has 126 valence electrons. The minimum Gasteiger partial charge on any atom is -0.452 e. The highest BCUT2D eigenvalue weighted by atomic mass is 16.5. The second-order valence-electron chi connectivity index (χ2n) is 5.93. The van der Waals surface area contributed by atoms with Crippen molar-refractivity contribution in [1.82, 2.24) is 0 Å². The van der Waals surface area contributed by atoms with Crippen LogP contribution >= 0.6 is 0 Å². The van der Waals surface area contributed by atoms with E-state index in [4.69, 9.17) is 4.74 Å². The van der Waals surface area contributed by atoms with E-state index in [1.807, 2.05) is 62.4 Å². The molecule has 0 fully saturated rings. The minimum atomic E-state index is -0.491. The van der Waals surface area contributed by atoms with Crippen LogP contribution in [0.2, 0.25) is 0 Å². The van der Waals surface area contributed by atoms with Gasteiger partial charge in [-0.2, -0.15) is 0 Å². The molecule has 3 rings (SSSR count). The maximum absolute atomic E-state index is 12.1. The number of carbonyl (C=O) groups is 2. The zero-order chi connectivity index (χ0) is 17.8. The monoisotopic (exact) mass is 333 g/mol. The average molecular weight is 333 g/mol. The zero-order valence-corrected chi connectivity index (χ0v) is 14.2. The van der Waals surface area contributed by atoms with E-state index in [9.17, 15) is 9.59 Å². The third kappa shape index (κ3) is 3.86. The van der Waals surface area contributed by atoms with E-state index in [1.165, 1.54) is 0 Å². The Morgan fingerprint density at radius 1 is 0.920 bits per heavy atom. The summed E-state index contributed by atoms with van der Waals surface area (Å²) in [5.41, 5.74) is 3.03. The average Bonchev–Trinajstić information content (AvgIpc) is 2.62. The van der Waals surface area contributed by atoms with Crippen LogP contribution in [0.15, 0.2) is 60.7 Å². The van der Waals surface area contributed by atoms with Gasteiger partial charge in [0.15, 0.2) is 6.61 Å². The largest absolute Gasteiger partial charge is 0.452 e. The van der Waals surface area contributed by atoms with Gasteiger partial charge in [-0.25, -0.2) is 4.79 Å². The molecule has 0 saturated carbocycles. The molecule has 1 N–H and O–H groups in total. The Labute approximate surface area is 146 Å². The summed E-state index contributed by atoms with van der Waals surface area (Å²) in [4.78, 5) is 24.2. The first-order valence-corrected chi connectivity index (χ1v) is 8.06. The van der Waals surface area contributed by atoms with Gasteiger partial charge in [0.2, 0.25) is 0 Å². The quantitative estimate of drug-likeness (QED) is 0.726. The number of anilines is 1. The van der Waals surface area contributed by atoms with Gasteiger partial charge in [-0.1, -0.05) is 42.5 Å². The lowest BCUT2D eigenvalue weighted by Gasteiger charge is -2.10. The van der Waals surface area contributed by atoms with Crippen LogP contribution in [-0.4, -0.2) is 18.5 Å². The summed E-state index contributed by atoms with van der Waals surface area (Å²) < 4.78 is 5.13. The third-order valence-corrected chi connectivity index (χ3v) is 4.19. The van der Waals surface area contributed by atoms with Crippen LogP contribution in [0.1, 0.15) is 21.5 Å². The smallest absolute Gasteiger partial charge is 0.338 e. The van der Waals surface area contributed by atoms with Crippen molar-refractivity contribution >= 4 is 28.3 Å². The van der Waals surface area contributed by atoms with Gasteiger partial charge in [-0.15, -0.1) is 0 Å². The highest BCUT2D eigenvalue weighted by molar-refractivity contribution is 5.97. The molecule has 3 aromatic carbocycles. The van der Waals surface area contributed by atoms with Crippen LogP contribution < -0.4 is 5.32 Å². The van der Waals surface area contributed by atoms with Crippen molar-refractivity contribution in [2.24, 2.45) is 0 Å². The number of nitrogens with one attached hydrogen (secondary N) is 1. The number of amides is 1. The van der Waals surface area contributed by atoms with E-state index in [0.717, 1.165) is 21.9 Å². The molecule has 1 amide bonds. The molecule has 0 atom stereocenters. The third-order valence-electron chi connectivity index (χ3n) is 4.19. The molecule has 0 aliphatic heterocycles. The summed E-state index contributed by atoms with van der Waals surface area (Å²) in [6.07, 6.45) is 0. The first-order chi connectivity index (χ1) is 12.0. The molecule has 3 aromatic rings. The molecule has 0 spiro atoms. The molecule has 0 heterocycles. The molecule has 0 unspecified atom stereocenters. The van der Waals surface area contributed by atoms with Gasteiger partial charge >= 0.3 is 5.97 Å². The predicted octanol–water partition coefficient (Wildman–Crippen LogP) is 4.25. The number of hydrogen-bond acceptors (Lipinski definition) is 3. The minimum absolute atomic E-state index is 0.320. The van der Waals surface area contributed by atoms with Crippen LogP contribution in [0.4, 0.5) is 5.69 Å². The molecule has 4 nitrogen and oxygen atoms in total. The van der Waals surface area contributed by atoms with Crippen molar-refractivity contribution in [1.29, 1.82) is 0 Å². The maximum atomic E-state index is 12.1. The molecule has 0 aromatic heterocycles. The number of fused-ring (bicyclic) bond motifs is 1. The first kappa shape index (κ1) is 16.7. The van der Waals surface area contributed by atoms with Crippen LogP contribution in [0, 0.1) is 13.8 Å². The predicted molar refractivity (Wildman–Crippen MR) is 98.8 cm³/mol. The van der Waals surface area contributed by atoms with E-state index >= 15 is 0 Å². The Morgan fingerprint density at radius 2 is 1.68 bits per heavy atom. The maximum Gasteiger partial charge on any atom is 0.338 e. The topological polar surface area (TPSA) is 55.4 Å². The standard InChI is InChI=1S/C21H19NO3/c1-14-6-5-9-19(15(14)2)21(24)25-13-20(23)22-18-11-10-16-7-3-4-8-17(16)12-18/h3-12H,13H2,1-2H3,(H,22,23). The zero-order valence-electron chi connectivity index (χ0n) is 14.2. The fraction of sp³-hybridized carbons (Fsp3) is 0.143. The van der Waals surface area contributed by atoms with Crippen LogP contribution in [0.5, 0.6) is 0 Å². The second-order valence-corrected chi connectivity index (χ2v) is 5.93. The van der Waals surface area contributed by atoms with Gasteiger partial charge in [0.25, 0.3) is 5.91 Å². The Morgan fingerprint density at radius 3 is 2.48 bits per heavy atom. The Balaban J connectivity index is 1.62. The molecule has 0 saturated heterocycles. The fourth-order valence-corrected chi connectivity index (χ4v) is 2.65. The molecule has 0 aliphatic rings. The normalized spacial score (nSPS) is 10.5. The van der Waals surface area contributed by atoms with Crippen molar-refractivity contribution in [3.63, 3.8) is 0 Å². The summed E-state index contributed by atoms with van der Waals surface area (Å²) in [7, 11) is 0. The Hall–Kier alpha value is -3.14. The number of hydrogen-bond donors (Lipinski definition) is 1. The van der Waals surface area contributed by atoms with E-state index in [2.05, 4.69) is 5.32 Å². The summed E-state index contributed by atoms with van der Waals surface area (Å²) >= 11 is 0. The van der Waals surface area contributed by atoms with E-state index in [0.29, 0.717) is 11.3 Å². The van der Waals surface area contributed by atoms with Crippen molar-refractivity contribution in [3.05, 3.63) is 77.4 Å². The summed E-state index contributed by atoms with van der Waals surface area (Å²) in [5.74, 6) is -0.858.